The molecule has 0 bridgehead atoms. The summed E-state index contributed by atoms with van der Waals surface area (Å²) in [6.07, 6.45) is 1.73. The predicted octanol–water partition coefficient (Wildman–Crippen LogP) is 3.71. The van der Waals surface area contributed by atoms with Gasteiger partial charge in [0.15, 0.2) is 0 Å². The molecule has 0 aliphatic carbocycles. The predicted molar refractivity (Wildman–Crippen MR) is 80.9 cm³/mol. The van der Waals surface area contributed by atoms with Crippen molar-refractivity contribution in [2.24, 2.45) is 0 Å². The maximum absolute atomic E-state index is 11.6. The molecule has 2 aromatic carbocycles. The number of esters is 1. The Balaban J connectivity index is 2.35. The van der Waals surface area contributed by atoms with E-state index in [0.717, 1.165) is 16.3 Å². The minimum atomic E-state index is -0.418. The molecule has 21 heavy (non-hydrogen) atoms. The summed E-state index contributed by atoms with van der Waals surface area (Å²) in [5.74, 6) is -0.346. The van der Waals surface area contributed by atoms with E-state index in [9.17, 15) is 14.9 Å². The van der Waals surface area contributed by atoms with Gasteiger partial charge in [-0.05, 0) is 48.4 Å². The molecule has 0 aliphatic heterocycles. The van der Waals surface area contributed by atoms with Crippen molar-refractivity contribution >= 4 is 28.5 Å². The van der Waals surface area contributed by atoms with Crippen molar-refractivity contribution in [3.63, 3.8) is 0 Å². The number of benzene rings is 2. The molecule has 0 fully saturated rings. The van der Waals surface area contributed by atoms with E-state index in [-0.39, 0.29) is 11.7 Å². The van der Waals surface area contributed by atoms with Gasteiger partial charge in [-0.2, -0.15) is 0 Å². The van der Waals surface area contributed by atoms with Crippen LogP contribution < -0.4 is 0 Å². The highest BCUT2D eigenvalue weighted by Crippen LogP contribution is 2.23. The summed E-state index contributed by atoms with van der Waals surface area (Å²) in [4.78, 5) is 21.9. The van der Waals surface area contributed by atoms with Crippen LogP contribution in [0.25, 0.3) is 16.8 Å². The molecule has 0 radical (unpaired) electrons. The molecule has 0 saturated carbocycles. The molecule has 5 nitrogen and oxygen atoms in total. The Kier molecular flexibility index (Phi) is 4.33. The molecule has 0 saturated heterocycles. The van der Waals surface area contributed by atoms with E-state index in [4.69, 9.17) is 4.74 Å². The normalized spacial score (nSPS) is 11.4. The molecule has 108 valence electrons. The third kappa shape index (κ3) is 3.45. The maximum Gasteiger partial charge on any atom is 0.333 e. The molecule has 0 aromatic heterocycles. The number of carbonyl (C=O) groups is 1. The monoisotopic (exact) mass is 285 g/mol. The maximum atomic E-state index is 11.6. The van der Waals surface area contributed by atoms with Gasteiger partial charge in [0.25, 0.3) is 5.69 Å². The zero-order valence-corrected chi connectivity index (χ0v) is 11.8. The van der Waals surface area contributed by atoms with Gasteiger partial charge in [0, 0.05) is 17.7 Å². The smallest absolute Gasteiger partial charge is 0.333 e. The van der Waals surface area contributed by atoms with Crippen LogP contribution in [-0.4, -0.2) is 17.5 Å². The molecule has 5 heteroatoms. The first-order chi connectivity index (χ1) is 10.0. The third-order valence-corrected chi connectivity index (χ3v) is 3.04. The van der Waals surface area contributed by atoms with Gasteiger partial charge in [-0.3, -0.25) is 10.1 Å². The van der Waals surface area contributed by atoms with Gasteiger partial charge in [-0.15, -0.1) is 0 Å². The van der Waals surface area contributed by atoms with Gasteiger partial charge in [-0.1, -0.05) is 12.1 Å². The number of non-ortho nitro benzene ring substituents is 1. The average Bonchev–Trinajstić information content (AvgIpc) is 2.46. The van der Waals surface area contributed by atoms with E-state index in [1.165, 1.54) is 12.1 Å². The quantitative estimate of drug-likeness (QED) is 0.371. The first-order valence-corrected chi connectivity index (χ1v) is 6.55. The lowest BCUT2D eigenvalue weighted by Crippen LogP contribution is -2.04. The number of hydrogen-bond acceptors (Lipinski definition) is 4. The first-order valence-electron chi connectivity index (χ1n) is 6.55. The number of nitro groups is 1. The second-order valence-electron chi connectivity index (χ2n) is 4.60. The van der Waals surface area contributed by atoms with Gasteiger partial charge in [0.05, 0.1) is 11.5 Å². The zero-order chi connectivity index (χ0) is 15.4. The van der Waals surface area contributed by atoms with Crippen molar-refractivity contribution in [2.45, 2.75) is 13.8 Å². The van der Waals surface area contributed by atoms with E-state index in [1.807, 2.05) is 12.1 Å². The zero-order valence-electron chi connectivity index (χ0n) is 11.8. The summed E-state index contributed by atoms with van der Waals surface area (Å²) in [6, 6.07) is 10.2. The number of nitro benzene ring substituents is 1. The number of rotatable bonds is 4. The Hall–Kier alpha value is -2.69. The lowest BCUT2D eigenvalue weighted by molar-refractivity contribution is -0.384. The SMILES string of the molecule is CCOC(=O)C(C)=Cc1ccc2cc([N+](=O)[O-])ccc2c1. The Morgan fingerprint density at radius 2 is 1.90 bits per heavy atom. The lowest BCUT2D eigenvalue weighted by Gasteiger charge is -2.03. The topological polar surface area (TPSA) is 69.4 Å². The fourth-order valence-electron chi connectivity index (χ4n) is 2.01. The van der Waals surface area contributed by atoms with Gasteiger partial charge in [-0.25, -0.2) is 4.79 Å². The van der Waals surface area contributed by atoms with Crippen LogP contribution in [0.2, 0.25) is 0 Å². The van der Waals surface area contributed by atoms with Crippen LogP contribution in [0, 0.1) is 10.1 Å². The Morgan fingerprint density at radius 1 is 1.24 bits per heavy atom. The van der Waals surface area contributed by atoms with Crippen LogP contribution in [0.1, 0.15) is 19.4 Å². The number of carbonyl (C=O) groups excluding carboxylic acids is 1. The molecule has 0 spiro atoms. The number of fused-ring (bicyclic) bond motifs is 1. The molecule has 0 atom stereocenters. The number of ether oxygens (including phenoxy) is 1. The molecule has 0 heterocycles. The Labute approximate surface area is 122 Å². The summed E-state index contributed by atoms with van der Waals surface area (Å²) in [7, 11) is 0. The molecular weight excluding hydrogens is 270 g/mol. The van der Waals surface area contributed by atoms with Crippen LogP contribution in [0.15, 0.2) is 42.0 Å². The van der Waals surface area contributed by atoms with Crippen molar-refractivity contribution in [1.29, 1.82) is 0 Å². The van der Waals surface area contributed by atoms with Crippen LogP contribution in [0.4, 0.5) is 5.69 Å². The van der Waals surface area contributed by atoms with Crippen molar-refractivity contribution in [3.8, 4) is 0 Å². The summed E-state index contributed by atoms with van der Waals surface area (Å²) < 4.78 is 4.92. The molecule has 0 unspecified atom stereocenters. The summed E-state index contributed by atoms with van der Waals surface area (Å²) in [5.41, 5.74) is 1.42. The van der Waals surface area contributed by atoms with E-state index < -0.39 is 4.92 Å². The Bertz CT molecular complexity index is 734. The highest BCUT2D eigenvalue weighted by Gasteiger charge is 2.07. The average molecular weight is 285 g/mol. The van der Waals surface area contributed by atoms with E-state index in [1.54, 1.807) is 32.1 Å². The van der Waals surface area contributed by atoms with Crippen LogP contribution >= 0.6 is 0 Å². The molecule has 0 aliphatic rings. The van der Waals surface area contributed by atoms with Crippen LogP contribution in [0.5, 0.6) is 0 Å². The first kappa shape index (κ1) is 14.7. The highest BCUT2D eigenvalue weighted by molar-refractivity contribution is 5.94. The minimum absolute atomic E-state index is 0.0634. The minimum Gasteiger partial charge on any atom is -0.463 e. The summed E-state index contributed by atoms with van der Waals surface area (Å²) >= 11 is 0. The second-order valence-corrected chi connectivity index (χ2v) is 4.60. The fraction of sp³-hybridized carbons (Fsp3) is 0.188. The summed E-state index contributed by atoms with van der Waals surface area (Å²) in [5, 5.41) is 12.4. The largest absolute Gasteiger partial charge is 0.463 e. The van der Waals surface area contributed by atoms with Crippen LogP contribution in [-0.2, 0) is 9.53 Å². The van der Waals surface area contributed by atoms with Crippen molar-refractivity contribution < 1.29 is 14.5 Å². The van der Waals surface area contributed by atoms with E-state index in [0.29, 0.717) is 12.2 Å². The molecular formula is C16H15NO4. The Morgan fingerprint density at radius 3 is 2.57 bits per heavy atom. The van der Waals surface area contributed by atoms with E-state index in [2.05, 4.69) is 0 Å². The highest BCUT2D eigenvalue weighted by atomic mass is 16.6. The lowest BCUT2D eigenvalue weighted by atomic mass is 10.0. The summed E-state index contributed by atoms with van der Waals surface area (Å²) in [6.45, 7) is 3.79. The third-order valence-electron chi connectivity index (χ3n) is 3.04. The van der Waals surface area contributed by atoms with Gasteiger partial charge < -0.3 is 4.74 Å². The number of hydrogen-bond donors (Lipinski definition) is 0. The molecule has 2 rings (SSSR count). The number of nitrogens with zero attached hydrogens (tertiary/aromatic N) is 1. The molecule has 0 amide bonds. The van der Waals surface area contributed by atoms with E-state index >= 15 is 0 Å². The molecule has 2 aromatic rings. The van der Waals surface area contributed by atoms with Crippen molar-refractivity contribution in [1.82, 2.24) is 0 Å². The van der Waals surface area contributed by atoms with Gasteiger partial charge in [0.1, 0.15) is 0 Å². The molecule has 0 N–H and O–H groups in total. The van der Waals surface area contributed by atoms with Gasteiger partial charge >= 0.3 is 5.97 Å². The van der Waals surface area contributed by atoms with Crippen LogP contribution in [0.3, 0.4) is 0 Å². The fourth-order valence-corrected chi connectivity index (χ4v) is 2.01. The van der Waals surface area contributed by atoms with Gasteiger partial charge in [0.2, 0.25) is 0 Å². The standard InChI is InChI=1S/C16H15NO4/c1-3-21-16(18)11(2)8-12-4-5-14-10-15(17(19)20)7-6-13(14)9-12/h4-10H,3H2,1-2H3. The van der Waals surface area contributed by atoms with Crippen molar-refractivity contribution in [2.75, 3.05) is 6.61 Å². The van der Waals surface area contributed by atoms with Crippen molar-refractivity contribution in [3.05, 3.63) is 57.6 Å². The second kappa shape index (κ2) is 6.17.